The summed E-state index contributed by atoms with van der Waals surface area (Å²) >= 11 is 3.31. The molecule has 0 spiro atoms. The largest absolute Gasteiger partial charge is 0.298 e. The fraction of sp³-hybridized carbons (Fsp3) is 0.364. The second kappa shape index (κ2) is 5.56. The number of halogens is 1. The molecule has 1 aromatic carbocycles. The zero-order chi connectivity index (χ0) is 11.4. The van der Waals surface area contributed by atoms with Gasteiger partial charge in [0.2, 0.25) is 0 Å². The third-order valence-corrected chi connectivity index (χ3v) is 4.27. The molecule has 2 unspecified atom stereocenters. The van der Waals surface area contributed by atoms with Gasteiger partial charge in [-0.25, -0.2) is 0 Å². The van der Waals surface area contributed by atoms with Gasteiger partial charge in [0.25, 0.3) is 0 Å². The number of hydrogen-bond acceptors (Lipinski definition) is 2. The topological polar surface area (TPSA) is 34.1 Å². The van der Waals surface area contributed by atoms with E-state index < -0.39 is 16.0 Å². The van der Waals surface area contributed by atoms with Gasteiger partial charge in [-0.2, -0.15) is 0 Å². The van der Waals surface area contributed by atoms with Gasteiger partial charge in [-0.1, -0.05) is 28.9 Å². The Morgan fingerprint density at radius 3 is 2.73 bits per heavy atom. The summed E-state index contributed by atoms with van der Waals surface area (Å²) in [6, 6.07) is 7.25. The van der Waals surface area contributed by atoms with Crippen LogP contribution in [0.5, 0.6) is 0 Å². The van der Waals surface area contributed by atoms with Gasteiger partial charge < -0.3 is 0 Å². The predicted molar refractivity (Wildman–Crippen MR) is 65.3 cm³/mol. The van der Waals surface area contributed by atoms with Crippen molar-refractivity contribution in [2.24, 2.45) is 0 Å². The summed E-state index contributed by atoms with van der Waals surface area (Å²) < 4.78 is 12.8. The first-order chi connectivity index (χ1) is 7.06. The average Bonchev–Trinajstić information content (AvgIpc) is 2.26. The lowest BCUT2D eigenvalue weighted by Gasteiger charge is -2.09. The number of hydrogen-bond donors (Lipinski definition) is 0. The molecule has 0 N–H and O–H groups in total. The highest BCUT2D eigenvalue weighted by atomic mass is 79.9. The third-order valence-electron chi connectivity index (χ3n) is 2.15. The minimum Gasteiger partial charge on any atom is -0.298 e. The summed E-state index contributed by atoms with van der Waals surface area (Å²) in [6.45, 7) is 3.50. The number of benzene rings is 1. The van der Waals surface area contributed by atoms with E-state index in [1.165, 1.54) is 0 Å². The summed E-state index contributed by atoms with van der Waals surface area (Å²) in [4.78, 5) is 12.1. The van der Waals surface area contributed by atoms with Crippen LogP contribution in [0.2, 0.25) is 0 Å². The molecule has 0 aliphatic heterocycles. The van der Waals surface area contributed by atoms with E-state index in [1.54, 1.807) is 26.0 Å². The molecule has 1 rings (SSSR count). The van der Waals surface area contributed by atoms with Gasteiger partial charge in [0.1, 0.15) is 5.78 Å². The maximum absolute atomic E-state index is 12.0. The smallest absolute Gasteiger partial charge is 0.148 e. The highest BCUT2D eigenvalue weighted by Crippen LogP contribution is 2.17. The highest BCUT2D eigenvalue weighted by molar-refractivity contribution is 9.10. The maximum atomic E-state index is 12.0. The Hall–Kier alpha value is -0.480. The van der Waals surface area contributed by atoms with E-state index >= 15 is 0 Å². The zero-order valence-corrected chi connectivity index (χ0v) is 11.1. The quantitative estimate of drug-likeness (QED) is 0.854. The molecule has 2 atom stereocenters. The molecule has 2 nitrogen and oxygen atoms in total. The zero-order valence-electron chi connectivity index (χ0n) is 8.70. The van der Waals surface area contributed by atoms with Crippen molar-refractivity contribution in [2.75, 3.05) is 0 Å². The molecule has 0 heterocycles. The Kier molecular flexibility index (Phi) is 4.67. The van der Waals surface area contributed by atoms with Gasteiger partial charge in [-0.3, -0.25) is 9.00 Å². The molecule has 0 fully saturated rings. The molecule has 0 amide bonds. The van der Waals surface area contributed by atoms with Crippen molar-refractivity contribution in [3.05, 3.63) is 28.7 Å². The summed E-state index contributed by atoms with van der Waals surface area (Å²) in [5.74, 6) is 0.0355. The van der Waals surface area contributed by atoms with Crippen molar-refractivity contribution in [1.29, 1.82) is 0 Å². The molecule has 0 radical (unpaired) electrons. The Morgan fingerprint density at radius 1 is 1.53 bits per heavy atom. The second-order valence-corrected chi connectivity index (χ2v) is 5.91. The fourth-order valence-corrected chi connectivity index (χ4v) is 3.02. The predicted octanol–water partition coefficient (Wildman–Crippen LogP) is 2.92. The lowest BCUT2D eigenvalue weighted by Crippen LogP contribution is -2.21. The Morgan fingerprint density at radius 2 is 2.20 bits per heavy atom. The average molecular weight is 289 g/mol. The summed E-state index contributed by atoms with van der Waals surface area (Å²) in [5, 5.41) is -0.427. The van der Waals surface area contributed by atoms with E-state index in [1.807, 2.05) is 12.1 Å². The maximum Gasteiger partial charge on any atom is 0.148 e. The van der Waals surface area contributed by atoms with Crippen molar-refractivity contribution in [1.82, 2.24) is 0 Å². The Balaban J connectivity index is 2.90. The molecule has 0 saturated heterocycles. The summed E-state index contributed by atoms with van der Waals surface area (Å²) in [5.41, 5.74) is 0. The van der Waals surface area contributed by atoms with Crippen LogP contribution in [0, 0.1) is 0 Å². The van der Waals surface area contributed by atoms with Crippen LogP contribution < -0.4 is 0 Å². The summed E-state index contributed by atoms with van der Waals surface area (Å²) in [7, 11) is -1.25. The molecular weight excluding hydrogens is 276 g/mol. The monoisotopic (exact) mass is 288 g/mol. The third kappa shape index (κ3) is 3.24. The van der Waals surface area contributed by atoms with Crippen molar-refractivity contribution < 1.29 is 9.00 Å². The van der Waals surface area contributed by atoms with Gasteiger partial charge in [0, 0.05) is 15.8 Å². The van der Waals surface area contributed by atoms with Crippen LogP contribution in [-0.2, 0) is 15.6 Å². The normalized spacial score (nSPS) is 14.6. The number of ketones is 1. The fourth-order valence-electron chi connectivity index (χ4n) is 1.20. The molecule has 1 aromatic rings. The van der Waals surface area contributed by atoms with Crippen LogP contribution >= 0.6 is 15.9 Å². The highest BCUT2D eigenvalue weighted by Gasteiger charge is 2.19. The first kappa shape index (κ1) is 12.6. The first-order valence-electron chi connectivity index (χ1n) is 4.75. The van der Waals surface area contributed by atoms with Gasteiger partial charge in [-0.05, 0) is 25.1 Å². The van der Waals surface area contributed by atoms with E-state index in [0.717, 1.165) is 4.47 Å². The second-order valence-electron chi connectivity index (χ2n) is 3.22. The van der Waals surface area contributed by atoms with Crippen molar-refractivity contribution in [2.45, 2.75) is 30.4 Å². The molecule has 0 bridgehead atoms. The minimum absolute atomic E-state index is 0.0355. The van der Waals surface area contributed by atoms with E-state index in [9.17, 15) is 9.00 Å². The molecule has 15 heavy (non-hydrogen) atoms. The van der Waals surface area contributed by atoms with Crippen LogP contribution in [-0.4, -0.2) is 15.2 Å². The number of rotatable bonds is 4. The number of Topliss-reactive ketones (excluding diaryl/α,β-unsaturated/α-hetero) is 1. The number of carbonyl (C=O) groups excluding carboxylic acids is 1. The van der Waals surface area contributed by atoms with Crippen molar-refractivity contribution in [3.63, 3.8) is 0 Å². The van der Waals surface area contributed by atoms with Crippen LogP contribution in [0.3, 0.4) is 0 Å². The lowest BCUT2D eigenvalue weighted by atomic mass is 10.2. The molecule has 82 valence electrons. The van der Waals surface area contributed by atoms with Crippen LogP contribution in [0.1, 0.15) is 20.3 Å². The molecule has 4 heteroatoms. The molecule has 0 aliphatic rings. The van der Waals surface area contributed by atoms with Gasteiger partial charge >= 0.3 is 0 Å². The van der Waals surface area contributed by atoms with E-state index in [2.05, 4.69) is 15.9 Å². The van der Waals surface area contributed by atoms with Gasteiger partial charge in [0.15, 0.2) is 0 Å². The van der Waals surface area contributed by atoms with Crippen molar-refractivity contribution in [3.8, 4) is 0 Å². The van der Waals surface area contributed by atoms with Gasteiger partial charge in [0.05, 0.1) is 16.0 Å². The molecule has 0 saturated carbocycles. The van der Waals surface area contributed by atoms with E-state index in [4.69, 9.17) is 0 Å². The standard InChI is InChI=1S/C11H13BrO2S/c1-3-11(13)8(2)15(14)10-6-4-5-9(12)7-10/h4-8H,3H2,1-2H3. The molecular formula is C11H13BrO2S. The molecule has 0 aromatic heterocycles. The first-order valence-corrected chi connectivity index (χ1v) is 6.75. The van der Waals surface area contributed by atoms with E-state index in [0.29, 0.717) is 11.3 Å². The SMILES string of the molecule is CCC(=O)C(C)S(=O)c1cccc(Br)c1. The summed E-state index contributed by atoms with van der Waals surface area (Å²) in [6.07, 6.45) is 0.431. The lowest BCUT2D eigenvalue weighted by molar-refractivity contribution is -0.118. The Bertz CT molecular complexity index is 390. The molecule has 0 aliphatic carbocycles. The Labute approximate surface area is 101 Å². The van der Waals surface area contributed by atoms with Crippen molar-refractivity contribution >= 4 is 32.5 Å². The van der Waals surface area contributed by atoms with Gasteiger partial charge in [-0.15, -0.1) is 0 Å². The van der Waals surface area contributed by atoms with E-state index in [-0.39, 0.29) is 5.78 Å². The van der Waals surface area contributed by atoms with Crippen LogP contribution in [0.15, 0.2) is 33.6 Å². The number of carbonyl (C=O) groups is 1. The minimum atomic E-state index is -1.25. The van der Waals surface area contributed by atoms with Crippen LogP contribution in [0.25, 0.3) is 0 Å². The van der Waals surface area contributed by atoms with Crippen LogP contribution in [0.4, 0.5) is 0 Å².